The molecule has 0 fully saturated rings. The third-order valence-corrected chi connectivity index (χ3v) is 4.65. The Balaban J connectivity index is 2.69. The van der Waals surface area contributed by atoms with Crippen LogP contribution in [0.15, 0.2) is 22.7 Å². The lowest BCUT2D eigenvalue weighted by Gasteiger charge is -2.17. The van der Waals surface area contributed by atoms with Gasteiger partial charge >= 0.3 is 5.97 Å². The summed E-state index contributed by atoms with van der Waals surface area (Å²) in [4.78, 5) is 11.7. The summed E-state index contributed by atoms with van der Waals surface area (Å²) in [5.74, 6) is 1.71. The number of carbonyl (C=O) groups is 1. The van der Waals surface area contributed by atoms with Crippen LogP contribution in [-0.2, 0) is 9.53 Å². The van der Waals surface area contributed by atoms with Crippen LogP contribution in [0.1, 0.15) is 13.3 Å². The van der Waals surface area contributed by atoms with Gasteiger partial charge < -0.3 is 10.1 Å². The van der Waals surface area contributed by atoms with Crippen molar-refractivity contribution in [2.75, 3.05) is 23.9 Å². The Labute approximate surface area is 131 Å². The summed E-state index contributed by atoms with van der Waals surface area (Å²) in [5, 5.41) is 3.82. The minimum atomic E-state index is -0.336. The fourth-order valence-corrected chi connectivity index (χ4v) is 2.71. The fourth-order valence-electron chi connectivity index (χ4n) is 1.52. The van der Waals surface area contributed by atoms with Gasteiger partial charge in [0.2, 0.25) is 0 Å². The van der Waals surface area contributed by atoms with Crippen LogP contribution in [0.5, 0.6) is 0 Å². The van der Waals surface area contributed by atoms with Crippen molar-refractivity contribution in [1.82, 2.24) is 0 Å². The van der Waals surface area contributed by atoms with Gasteiger partial charge in [0.1, 0.15) is 6.04 Å². The molecule has 1 rings (SSSR count). The molecule has 1 aromatic rings. The van der Waals surface area contributed by atoms with Gasteiger partial charge in [0.25, 0.3) is 0 Å². The molecule has 0 aliphatic heterocycles. The van der Waals surface area contributed by atoms with E-state index in [1.165, 1.54) is 7.11 Å². The van der Waals surface area contributed by atoms with Crippen molar-refractivity contribution < 1.29 is 9.53 Å². The van der Waals surface area contributed by atoms with Crippen molar-refractivity contribution in [3.8, 4) is 0 Å². The highest BCUT2D eigenvalue weighted by atomic mass is 79.9. The first-order chi connectivity index (χ1) is 9.08. The normalized spacial score (nSPS) is 12.0. The number of anilines is 1. The summed E-state index contributed by atoms with van der Waals surface area (Å²) in [5.41, 5.74) is 0.841. The zero-order chi connectivity index (χ0) is 14.3. The first-order valence-electron chi connectivity index (χ1n) is 5.95. The molecule has 0 saturated carbocycles. The average molecular weight is 367 g/mol. The molecule has 19 heavy (non-hydrogen) atoms. The summed E-state index contributed by atoms with van der Waals surface area (Å²) in [7, 11) is 1.40. The van der Waals surface area contributed by atoms with Gasteiger partial charge in [-0.05, 0) is 52.1 Å². The molecule has 0 heterocycles. The Morgan fingerprint density at radius 2 is 2.32 bits per heavy atom. The smallest absolute Gasteiger partial charge is 0.328 e. The van der Waals surface area contributed by atoms with Crippen LogP contribution >= 0.6 is 39.3 Å². The summed E-state index contributed by atoms with van der Waals surface area (Å²) in [6.07, 6.45) is 0.728. The minimum absolute atomic E-state index is 0.247. The summed E-state index contributed by atoms with van der Waals surface area (Å²) >= 11 is 11.1. The van der Waals surface area contributed by atoms with Gasteiger partial charge in [-0.3, -0.25) is 0 Å². The topological polar surface area (TPSA) is 38.3 Å². The van der Waals surface area contributed by atoms with E-state index in [2.05, 4.69) is 28.2 Å². The Morgan fingerprint density at radius 3 is 2.89 bits per heavy atom. The third-order valence-electron chi connectivity index (χ3n) is 2.50. The van der Waals surface area contributed by atoms with Crippen LogP contribution in [-0.4, -0.2) is 30.6 Å². The molecule has 6 heteroatoms. The van der Waals surface area contributed by atoms with Gasteiger partial charge in [-0.25, -0.2) is 4.79 Å². The molecule has 3 nitrogen and oxygen atoms in total. The van der Waals surface area contributed by atoms with Crippen LogP contribution < -0.4 is 5.32 Å². The number of methoxy groups -OCH3 is 1. The molecule has 0 spiro atoms. The first-order valence-corrected chi connectivity index (χ1v) is 8.28. The van der Waals surface area contributed by atoms with Crippen LogP contribution in [0.4, 0.5) is 5.69 Å². The quantitative estimate of drug-likeness (QED) is 0.580. The van der Waals surface area contributed by atoms with Crippen molar-refractivity contribution in [3.05, 3.63) is 27.7 Å². The largest absolute Gasteiger partial charge is 0.467 e. The standard InChI is InChI=1S/C13H17BrClNO2S/c1-3-19-7-6-12(13(17)18-2)16-9-4-5-11(15)10(14)8-9/h4-5,8,12,16H,3,6-7H2,1-2H3. The van der Waals surface area contributed by atoms with E-state index < -0.39 is 0 Å². The summed E-state index contributed by atoms with van der Waals surface area (Å²) in [6.45, 7) is 2.10. The van der Waals surface area contributed by atoms with E-state index in [4.69, 9.17) is 16.3 Å². The van der Waals surface area contributed by atoms with Gasteiger partial charge in [0.05, 0.1) is 12.1 Å². The molecule has 1 atom stereocenters. The predicted molar refractivity (Wildman–Crippen MR) is 86.2 cm³/mol. The van der Waals surface area contributed by atoms with E-state index in [-0.39, 0.29) is 12.0 Å². The van der Waals surface area contributed by atoms with Gasteiger partial charge in [-0.2, -0.15) is 11.8 Å². The Kier molecular flexibility index (Phi) is 7.64. The average Bonchev–Trinajstić information content (AvgIpc) is 2.41. The van der Waals surface area contributed by atoms with Crippen LogP contribution in [0.2, 0.25) is 5.02 Å². The number of hydrogen-bond donors (Lipinski definition) is 1. The fraction of sp³-hybridized carbons (Fsp3) is 0.462. The zero-order valence-corrected chi connectivity index (χ0v) is 14.1. The Morgan fingerprint density at radius 1 is 1.58 bits per heavy atom. The minimum Gasteiger partial charge on any atom is -0.467 e. The van der Waals surface area contributed by atoms with Gasteiger partial charge in [-0.1, -0.05) is 18.5 Å². The molecule has 1 unspecified atom stereocenters. The van der Waals surface area contributed by atoms with Crippen LogP contribution in [0.3, 0.4) is 0 Å². The second-order valence-electron chi connectivity index (χ2n) is 3.83. The SMILES string of the molecule is CCSCCC(Nc1ccc(Cl)c(Br)c1)C(=O)OC. The van der Waals surface area contributed by atoms with Crippen molar-refractivity contribution in [3.63, 3.8) is 0 Å². The number of nitrogens with one attached hydrogen (secondary N) is 1. The highest BCUT2D eigenvalue weighted by Crippen LogP contribution is 2.26. The van der Waals surface area contributed by atoms with Crippen molar-refractivity contribution in [2.45, 2.75) is 19.4 Å². The van der Waals surface area contributed by atoms with Gasteiger partial charge in [0.15, 0.2) is 0 Å². The van der Waals surface area contributed by atoms with Crippen LogP contribution in [0.25, 0.3) is 0 Å². The van der Waals surface area contributed by atoms with E-state index in [1.54, 1.807) is 17.8 Å². The van der Waals surface area contributed by atoms with E-state index in [1.807, 2.05) is 12.1 Å². The molecular weight excluding hydrogens is 350 g/mol. The molecule has 0 amide bonds. The molecule has 0 aliphatic carbocycles. The number of thioether (sulfide) groups is 1. The molecule has 0 aromatic heterocycles. The van der Waals surface area contributed by atoms with Crippen molar-refractivity contribution >= 4 is 50.9 Å². The van der Waals surface area contributed by atoms with Gasteiger partial charge in [-0.15, -0.1) is 0 Å². The van der Waals surface area contributed by atoms with E-state index in [0.717, 1.165) is 28.1 Å². The number of hydrogen-bond acceptors (Lipinski definition) is 4. The molecular formula is C13H17BrClNO2S. The third kappa shape index (κ3) is 5.63. The maximum Gasteiger partial charge on any atom is 0.328 e. The molecule has 106 valence electrons. The lowest BCUT2D eigenvalue weighted by molar-refractivity contribution is -0.141. The predicted octanol–water partition coefficient (Wildman–Crippen LogP) is 4.20. The number of benzene rings is 1. The molecule has 0 aliphatic rings. The molecule has 0 bridgehead atoms. The van der Waals surface area contributed by atoms with E-state index in [0.29, 0.717) is 5.02 Å². The monoisotopic (exact) mass is 365 g/mol. The van der Waals surface area contributed by atoms with E-state index in [9.17, 15) is 4.79 Å². The zero-order valence-electron chi connectivity index (χ0n) is 10.9. The second kappa shape index (κ2) is 8.72. The number of ether oxygens (including phenoxy) is 1. The Hall–Kier alpha value is -0.390. The lowest BCUT2D eigenvalue weighted by Crippen LogP contribution is -2.31. The first kappa shape index (κ1) is 16.7. The highest BCUT2D eigenvalue weighted by molar-refractivity contribution is 9.10. The number of rotatable bonds is 7. The lowest BCUT2D eigenvalue weighted by atomic mass is 10.2. The number of esters is 1. The van der Waals surface area contributed by atoms with E-state index >= 15 is 0 Å². The Bertz CT molecular complexity index is 431. The maximum absolute atomic E-state index is 11.7. The summed E-state index contributed by atoms with van der Waals surface area (Å²) in [6, 6.07) is 5.14. The second-order valence-corrected chi connectivity index (χ2v) is 6.49. The molecule has 0 saturated heterocycles. The highest BCUT2D eigenvalue weighted by Gasteiger charge is 2.18. The van der Waals surface area contributed by atoms with Crippen molar-refractivity contribution in [2.24, 2.45) is 0 Å². The molecule has 1 N–H and O–H groups in total. The maximum atomic E-state index is 11.7. The van der Waals surface area contributed by atoms with Crippen LogP contribution in [0, 0.1) is 0 Å². The molecule has 0 radical (unpaired) electrons. The summed E-state index contributed by atoms with van der Waals surface area (Å²) < 4.78 is 5.62. The van der Waals surface area contributed by atoms with Gasteiger partial charge in [0, 0.05) is 10.2 Å². The number of halogens is 2. The van der Waals surface area contributed by atoms with Crippen molar-refractivity contribution in [1.29, 1.82) is 0 Å². The molecule has 1 aromatic carbocycles. The number of carbonyl (C=O) groups excluding carboxylic acids is 1.